The molecule has 2 aromatic carbocycles. The van der Waals surface area contributed by atoms with Crippen molar-refractivity contribution < 1.29 is 9.53 Å². The number of nitrogens with one attached hydrogen (secondary N) is 2. The molecule has 0 saturated carbocycles. The first-order valence-corrected chi connectivity index (χ1v) is 8.63. The molecule has 2 amide bonds. The van der Waals surface area contributed by atoms with Crippen LogP contribution in [-0.2, 0) is 6.42 Å². The third-order valence-electron chi connectivity index (χ3n) is 3.65. The van der Waals surface area contributed by atoms with Crippen LogP contribution < -0.4 is 15.5 Å². The van der Waals surface area contributed by atoms with Crippen molar-refractivity contribution in [2.24, 2.45) is 5.10 Å². The molecule has 0 atom stereocenters. The maximum Gasteiger partial charge on any atom is 0.339 e. The highest BCUT2D eigenvalue weighted by Crippen LogP contribution is 2.15. The molecule has 0 heterocycles. The van der Waals surface area contributed by atoms with Gasteiger partial charge >= 0.3 is 6.03 Å². The van der Waals surface area contributed by atoms with Crippen LogP contribution in [0.3, 0.4) is 0 Å². The first-order chi connectivity index (χ1) is 12.2. The standard InChI is InChI=1S/C20H25N3O2/c1-3-5-14-25-19-12-10-18(11-13-19)22-20(24)23-21-15-17-8-6-16(4-2)7-9-17/h6-13,15H,3-5,14H2,1-2H3,(H2,22,23,24). The summed E-state index contributed by atoms with van der Waals surface area (Å²) in [5, 5.41) is 6.67. The fourth-order valence-electron chi connectivity index (χ4n) is 2.13. The fraction of sp³-hybridized carbons (Fsp3) is 0.300. The zero-order valence-corrected chi connectivity index (χ0v) is 14.8. The van der Waals surface area contributed by atoms with Gasteiger partial charge in [-0.3, -0.25) is 0 Å². The second-order valence-electron chi connectivity index (χ2n) is 5.65. The summed E-state index contributed by atoms with van der Waals surface area (Å²) in [6.45, 7) is 4.94. The molecule has 0 radical (unpaired) electrons. The number of hydrazone groups is 1. The number of rotatable bonds is 8. The van der Waals surface area contributed by atoms with Gasteiger partial charge in [0.1, 0.15) is 5.75 Å². The number of hydrogen-bond acceptors (Lipinski definition) is 3. The van der Waals surface area contributed by atoms with Crippen molar-refractivity contribution in [2.45, 2.75) is 33.1 Å². The SMILES string of the molecule is CCCCOc1ccc(NC(=O)NN=Cc2ccc(CC)cc2)cc1. The third kappa shape index (κ3) is 6.67. The van der Waals surface area contributed by atoms with Crippen molar-refractivity contribution >= 4 is 17.9 Å². The first kappa shape index (κ1) is 18.5. The zero-order chi connectivity index (χ0) is 17.9. The van der Waals surface area contributed by atoms with Crippen LogP contribution >= 0.6 is 0 Å². The molecule has 0 aliphatic heterocycles. The molecule has 0 aliphatic rings. The smallest absolute Gasteiger partial charge is 0.339 e. The van der Waals surface area contributed by atoms with Gasteiger partial charge in [0.25, 0.3) is 0 Å². The number of hydrogen-bond donors (Lipinski definition) is 2. The molecule has 2 rings (SSSR count). The van der Waals surface area contributed by atoms with Gasteiger partial charge in [0.15, 0.2) is 0 Å². The monoisotopic (exact) mass is 339 g/mol. The quantitative estimate of drug-likeness (QED) is 0.420. The summed E-state index contributed by atoms with van der Waals surface area (Å²) in [5.74, 6) is 0.799. The van der Waals surface area contributed by atoms with Crippen LogP contribution in [0.5, 0.6) is 5.75 Å². The van der Waals surface area contributed by atoms with E-state index in [1.165, 1.54) is 5.56 Å². The van der Waals surface area contributed by atoms with Crippen molar-refractivity contribution in [3.63, 3.8) is 0 Å². The second-order valence-corrected chi connectivity index (χ2v) is 5.65. The summed E-state index contributed by atoms with van der Waals surface area (Å²) < 4.78 is 5.58. The Morgan fingerprint density at radius 2 is 1.80 bits per heavy atom. The minimum atomic E-state index is -0.388. The first-order valence-electron chi connectivity index (χ1n) is 8.63. The van der Waals surface area contributed by atoms with E-state index in [4.69, 9.17) is 4.74 Å². The molecular formula is C20H25N3O2. The normalized spacial score (nSPS) is 10.6. The average Bonchev–Trinajstić information content (AvgIpc) is 2.64. The number of amides is 2. The highest BCUT2D eigenvalue weighted by atomic mass is 16.5. The van der Waals surface area contributed by atoms with E-state index < -0.39 is 0 Å². The van der Waals surface area contributed by atoms with Crippen LogP contribution in [0.15, 0.2) is 53.6 Å². The maximum atomic E-state index is 11.8. The highest BCUT2D eigenvalue weighted by molar-refractivity contribution is 5.90. The summed E-state index contributed by atoms with van der Waals surface area (Å²) >= 11 is 0. The number of carbonyl (C=O) groups is 1. The lowest BCUT2D eigenvalue weighted by atomic mass is 10.1. The lowest BCUT2D eigenvalue weighted by molar-refractivity contribution is 0.252. The number of unbranched alkanes of at least 4 members (excludes halogenated alkanes) is 1. The van der Waals surface area contributed by atoms with Crippen LogP contribution in [0.4, 0.5) is 10.5 Å². The summed E-state index contributed by atoms with van der Waals surface area (Å²) in [4.78, 5) is 11.8. The second kappa shape index (κ2) is 10.1. The van der Waals surface area contributed by atoms with Crippen LogP contribution in [-0.4, -0.2) is 18.9 Å². The molecule has 132 valence electrons. The van der Waals surface area contributed by atoms with E-state index in [9.17, 15) is 4.79 Å². The third-order valence-corrected chi connectivity index (χ3v) is 3.65. The van der Waals surface area contributed by atoms with Gasteiger partial charge in [0.2, 0.25) is 0 Å². The highest BCUT2D eigenvalue weighted by Gasteiger charge is 2.00. The van der Waals surface area contributed by atoms with E-state index in [1.807, 2.05) is 36.4 Å². The molecule has 25 heavy (non-hydrogen) atoms. The van der Waals surface area contributed by atoms with Crippen LogP contribution in [0, 0.1) is 0 Å². The van der Waals surface area contributed by atoms with Gasteiger partial charge in [0.05, 0.1) is 12.8 Å². The predicted molar refractivity (Wildman–Crippen MR) is 102 cm³/mol. The zero-order valence-electron chi connectivity index (χ0n) is 14.8. The molecule has 0 spiro atoms. The largest absolute Gasteiger partial charge is 0.494 e. The predicted octanol–water partition coefficient (Wildman–Crippen LogP) is 4.58. The average molecular weight is 339 g/mol. The fourth-order valence-corrected chi connectivity index (χ4v) is 2.13. The van der Waals surface area contributed by atoms with E-state index in [0.717, 1.165) is 30.6 Å². The van der Waals surface area contributed by atoms with Crippen LogP contribution in [0.25, 0.3) is 0 Å². The maximum absolute atomic E-state index is 11.8. The molecule has 5 nitrogen and oxygen atoms in total. The lowest BCUT2D eigenvalue weighted by Crippen LogP contribution is -2.24. The van der Waals surface area contributed by atoms with Crippen molar-refractivity contribution in [1.82, 2.24) is 5.43 Å². The summed E-state index contributed by atoms with van der Waals surface area (Å²) in [5.41, 5.74) is 5.34. The molecular weight excluding hydrogens is 314 g/mol. The van der Waals surface area contributed by atoms with Crippen molar-refractivity contribution in [3.8, 4) is 5.75 Å². The van der Waals surface area contributed by atoms with E-state index >= 15 is 0 Å². The Labute approximate surface area is 149 Å². The Balaban J connectivity index is 1.78. The number of aryl methyl sites for hydroxylation is 1. The van der Waals surface area contributed by atoms with E-state index in [-0.39, 0.29) is 6.03 Å². The number of anilines is 1. The van der Waals surface area contributed by atoms with E-state index in [1.54, 1.807) is 18.3 Å². The minimum absolute atomic E-state index is 0.388. The molecule has 0 fully saturated rings. The molecule has 0 aliphatic carbocycles. The van der Waals surface area contributed by atoms with Crippen LogP contribution in [0.1, 0.15) is 37.8 Å². The number of urea groups is 1. The van der Waals surface area contributed by atoms with Gasteiger partial charge in [0, 0.05) is 5.69 Å². The van der Waals surface area contributed by atoms with Gasteiger partial charge in [-0.15, -0.1) is 0 Å². The van der Waals surface area contributed by atoms with Crippen molar-refractivity contribution in [2.75, 3.05) is 11.9 Å². The van der Waals surface area contributed by atoms with Gasteiger partial charge in [-0.25, -0.2) is 10.2 Å². The van der Waals surface area contributed by atoms with E-state index in [0.29, 0.717) is 12.3 Å². The van der Waals surface area contributed by atoms with Crippen molar-refractivity contribution in [1.29, 1.82) is 0 Å². The Kier molecular flexibility index (Phi) is 7.50. The minimum Gasteiger partial charge on any atom is -0.494 e. The number of ether oxygens (including phenoxy) is 1. The Bertz CT molecular complexity index is 679. The number of carbonyl (C=O) groups excluding carboxylic acids is 1. The Hall–Kier alpha value is -2.82. The van der Waals surface area contributed by atoms with E-state index in [2.05, 4.69) is 29.7 Å². The summed E-state index contributed by atoms with van der Waals surface area (Å²) in [6.07, 6.45) is 4.74. The Morgan fingerprint density at radius 3 is 2.44 bits per heavy atom. The van der Waals surface area contributed by atoms with Crippen LogP contribution in [0.2, 0.25) is 0 Å². The molecule has 2 aromatic rings. The molecule has 2 N–H and O–H groups in total. The molecule has 0 unspecified atom stereocenters. The summed E-state index contributed by atoms with van der Waals surface area (Å²) in [7, 11) is 0. The summed E-state index contributed by atoms with van der Waals surface area (Å²) in [6, 6.07) is 14.9. The molecule has 0 aromatic heterocycles. The van der Waals surface area contributed by atoms with Gasteiger partial charge in [-0.1, -0.05) is 44.5 Å². The van der Waals surface area contributed by atoms with Gasteiger partial charge < -0.3 is 10.1 Å². The lowest BCUT2D eigenvalue weighted by Gasteiger charge is -2.07. The molecule has 0 saturated heterocycles. The van der Waals surface area contributed by atoms with Crippen molar-refractivity contribution in [3.05, 3.63) is 59.7 Å². The van der Waals surface area contributed by atoms with Gasteiger partial charge in [-0.2, -0.15) is 5.10 Å². The molecule has 5 heteroatoms. The van der Waals surface area contributed by atoms with Gasteiger partial charge in [-0.05, 0) is 48.2 Å². The molecule has 0 bridgehead atoms. The number of benzene rings is 2. The Morgan fingerprint density at radius 1 is 1.08 bits per heavy atom. The number of nitrogens with zero attached hydrogens (tertiary/aromatic N) is 1. The topological polar surface area (TPSA) is 62.7 Å².